The molecule has 0 bridgehead atoms. The molecule has 188 valence electrons. The molecule has 1 fully saturated rings. The van der Waals surface area contributed by atoms with Crippen molar-refractivity contribution in [2.45, 2.75) is 31.1 Å². The molecule has 37 heavy (non-hydrogen) atoms. The topological polar surface area (TPSA) is 76.8 Å². The van der Waals surface area contributed by atoms with E-state index in [1.807, 2.05) is 55.5 Å². The van der Waals surface area contributed by atoms with Crippen LogP contribution in [0.15, 0.2) is 71.8 Å². The molecule has 3 aromatic carbocycles. The van der Waals surface area contributed by atoms with E-state index in [9.17, 15) is 9.59 Å². The Hall–Kier alpha value is -2.84. The zero-order valence-corrected chi connectivity index (χ0v) is 22.7. The van der Waals surface area contributed by atoms with Gasteiger partial charge < -0.3 is 0 Å². The first-order valence-corrected chi connectivity index (χ1v) is 13.5. The summed E-state index contributed by atoms with van der Waals surface area (Å²) in [7, 11) is 0. The van der Waals surface area contributed by atoms with E-state index < -0.39 is 11.2 Å². The van der Waals surface area contributed by atoms with Gasteiger partial charge in [-0.25, -0.2) is 9.91 Å². The van der Waals surface area contributed by atoms with Crippen molar-refractivity contribution in [1.29, 1.82) is 5.41 Å². The van der Waals surface area contributed by atoms with Crippen molar-refractivity contribution < 1.29 is 9.59 Å². The molecule has 2 amide bonds. The standard InChI is InChI=1S/C27H21Cl3N4O2S/c1-15-2-4-16(5-3-15)22-13-23(17-6-8-18(28)9-7-17)34(32-22)27(31)37-24-14-25(35)33(26(24)36)19-10-11-20(29)21(30)12-19/h2-12,23-24,31H,13-14H2,1H3/t23-,24-/m0/s1. The Morgan fingerprint density at radius 3 is 2.32 bits per heavy atom. The maximum Gasteiger partial charge on any atom is 0.247 e. The van der Waals surface area contributed by atoms with Gasteiger partial charge in [0.25, 0.3) is 0 Å². The number of hydrogen-bond donors (Lipinski definition) is 1. The molecule has 1 saturated heterocycles. The SMILES string of the molecule is Cc1ccc(C2=NN(C(=N)S[C@H]3CC(=O)N(c4ccc(Cl)c(Cl)c4)C3=O)[C@H](c3ccc(Cl)cc3)C2)cc1. The van der Waals surface area contributed by atoms with Gasteiger partial charge in [0.2, 0.25) is 11.8 Å². The van der Waals surface area contributed by atoms with E-state index >= 15 is 0 Å². The molecule has 2 heterocycles. The van der Waals surface area contributed by atoms with Crippen LogP contribution in [0, 0.1) is 12.3 Å². The highest BCUT2D eigenvalue weighted by molar-refractivity contribution is 8.14. The number of nitrogens with zero attached hydrogens (tertiary/aromatic N) is 3. The number of amides is 2. The van der Waals surface area contributed by atoms with E-state index in [1.54, 1.807) is 17.1 Å². The fraction of sp³-hybridized carbons (Fsp3) is 0.185. The van der Waals surface area contributed by atoms with Gasteiger partial charge >= 0.3 is 0 Å². The number of hydrazone groups is 1. The van der Waals surface area contributed by atoms with Crippen molar-refractivity contribution in [3.8, 4) is 0 Å². The van der Waals surface area contributed by atoms with E-state index in [-0.39, 0.29) is 28.6 Å². The highest BCUT2D eigenvalue weighted by atomic mass is 35.5. The Morgan fingerprint density at radius 1 is 0.946 bits per heavy atom. The second-order valence-electron chi connectivity index (χ2n) is 8.81. The number of amidine groups is 1. The van der Waals surface area contributed by atoms with E-state index in [1.165, 1.54) is 6.07 Å². The average molecular weight is 572 g/mol. The first-order chi connectivity index (χ1) is 17.7. The van der Waals surface area contributed by atoms with E-state index in [4.69, 9.17) is 45.3 Å². The molecule has 0 unspecified atom stereocenters. The zero-order valence-electron chi connectivity index (χ0n) is 19.6. The van der Waals surface area contributed by atoms with E-state index in [0.717, 1.165) is 39.1 Å². The minimum atomic E-state index is -0.751. The molecule has 0 saturated carbocycles. The summed E-state index contributed by atoms with van der Waals surface area (Å²) in [6.07, 6.45) is 0.556. The van der Waals surface area contributed by atoms with Crippen LogP contribution in [-0.2, 0) is 9.59 Å². The van der Waals surface area contributed by atoms with Gasteiger partial charge in [-0.05, 0) is 48.4 Å². The fourth-order valence-corrected chi connectivity index (χ4v) is 5.74. The lowest BCUT2D eigenvalue weighted by molar-refractivity contribution is -0.121. The van der Waals surface area contributed by atoms with Crippen LogP contribution in [0.1, 0.15) is 35.6 Å². The molecule has 0 aromatic heterocycles. The zero-order chi connectivity index (χ0) is 26.3. The summed E-state index contributed by atoms with van der Waals surface area (Å²) < 4.78 is 0. The Morgan fingerprint density at radius 2 is 1.65 bits per heavy atom. The summed E-state index contributed by atoms with van der Waals surface area (Å²) >= 11 is 19.2. The van der Waals surface area contributed by atoms with Gasteiger partial charge in [0.15, 0.2) is 5.17 Å². The summed E-state index contributed by atoms with van der Waals surface area (Å²) in [5.74, 6) is -0.753. The Kier molecular flexibility index (Phi) is 7.32. The maximum absolute atomic E-state index is 13.2. The maximum atomic E-state index is 13.2. The normalized spacial score (nSPS) is 19.5. The molecule has 3 aromatic rings. The molecule has 6 nitrogen and oxygen atoms in total. The van der Waals surface area contributed by atoms with Gasteiger partial charge in [-0.2, -0.15) is 5.10 Å². The third-order valence-corrected chi connectivity index (χ3v) is 8.33. The van der Waals surface area contributed by atoms with Gasteiger partial charge in [0.1, 0.15) is 5.25 Å². The van der Waals surface area contributed by atoms with Crippen LogP contribution >= 0.6 is 46.6 Å². The largest absolute Gasteiger partial charge is 0.277 e. The lowest BCUT2D eigenvalue weighted by atomic mass is 9.98. The lowest BCUT2D eigenvalue weighted by Crippen LogP contribution is -2.32. The van der Waals surface area contributed by atoms with Crippen molar-refractivity contribution in [3.05, 3.63) is 98.5 Å². The smallest absolute Gasteiger partial charge is 0.247 e. The molecule has 0 radical (unpaired) electrons. The number of anilines is 1. The minimum absolute atomic E-state index is 0.0277. The number of hydrogen-bond acceptors (Lipinski definition) is 5. The fourth-order valence-electron chi connectivity index (χ4n) is 4.34. The molecular formula is C27H21Cl3N4O2S. The van der Waals surface area contributed by atoms with Crippen molar-refractivity contribution in [3.63, 3.8) is 0 Å². The number of imide groups is 1. The van der Waals surface area contributed by atoms with Gasteiger partial charge in [-0.15, -0.1) is 0 Å². The summed E-state index contributed by atoms with van der Waals surface area (Å²) in [6.45, 7) is 2.02. The Labute approximate surface area is 233 Å². The summed E-state index contributed by atoms with van der Waals surface area (Å²) in [6, 6.07) is 19.9. The van der Waals surface area contributed by atoms with Gasteiger partial charge in [-0.1, -0.05) is 88.5 Å². The summed E-state index contributed by atoms with van der Waals surface area (Å²) in [4.78, 5) is 27.1. The van der Waals surface area contributed by atoms with E-state index in [0.29, 0.717) is 22.2 Å². The predicted octanol–water partition coefficient (Wildman–Crippen LogP) is 7.11. The number of carbonyl (C=O) groups excluding carboxylic acids is 2. The highest BCUT2D eigenvalue weighted by Crippen LogP contribution is 2.38. The quantitative estimate of drug-likeness (QED) is 0.206. The molecule has 0 aliphatic carbocycles. The lowest BCUT2D eigenvalue weighted by Gasteiger charge is -2.24. The monoisotopic (exact) mass is 570 g/mol. The molecule has 2 aliphatic rings. The Bertz CT molecular complexity index is 1430. The molecule has 2 aliphatic heterocycles. The van der Waals surface area contributed by atoms with Crippen molar-refractivity contribution in [2.75, 3.05) is 4.90 Å². The van der Waals surface area contributed by atoms with Crippen LogP contribution in [0.3, 0.4) is 0 Å². The number of thioether (sulfide) groups is 1. The number of halogens is 3. The van der Waals surface area contributed by atoms with Crippen LogP contribution in [0.4, 0.5) is 5.69 Å². The number of benzene rings is 3. The third-order valence-electron chi connectivity index (χ3n) is 6.28. The van der Waals surface area contributed by atoms with Crippen molar-refractivity contribution in [2.24, 2.45) is 5.10 Å². The first-order valence-electron chi connectivity index (χ1n) is 11.5. The molecule has 10 heteroatoms. The van der Waals surface area contributed by atoms with Crippen LogP contribution in [0.25, 0.3) is 0 Å². The van der Waals surface area contributed by atoms with Gasteiger partial charge in [0, 0.05) is 17.9 Å². The number of rotatable bonds is 4. The molecule has 2 atom stereocenters. The molecular weight excluding hydrogens is 551 g/mol. The molecule has 0 spiro atoms. The first kappa shape index (κ1) is 25.8. The van der Waals surface area contributed by atoms with Crippen molar-refractivity contribution in [1.82, 2.24) is 5.01 Å². The highest BCUT2D eigenvalue weighted by Gasteiger charge is 2.42. The van der Waals surface area contributed by atoms with Crippen LogP contribution in [0.2, 0.25) is 15.1 Å². The van der Waals surface area contributed by atoms with E-state index in [2.05, 4.69) is 0 Å². The number of aryl methyl sites for hydroxylation is 1. The third kappa shape index (κ3) is 5.27. The number of carbonyl (C=O) groups is 2. The number of nitrogens with one attached hydrogen (secondary N) is 1. The second kappa shape index (κ2) is 10.5. The second-order valence-corrected chi connectivity index (χ2v) is 11.3. The Balaban J connectivity index is 1.40. The van der Waals surface area contributed by atoms with Crippen LogP contribution in [-0.4, -0.2) is 33.0 Å². The minimum Gasteiger partial charge on any atom is -0.277 e. The molecule has 1 N–H and O–H groups in total. The van der Waals surface area contributed by atoms with Crippen LogP contribution < -0.4 is 4.90 Å². The summed E-state index contributed by atoms with van der Waals surface area (Å²) in [5, 5.41) is 15.8. The summed E-state index contributed by atoms with van der Waals surface area (Å²) in [5.41, 5.74) is 4.28. The molecule has 5 rings (SSSR count). The van der Waals surface area contributed by atoms with Crippen LogP contribution in [0.5, 0.6) is 0 Å². The predicted molar refractivity (Wildman–Crippen MR) is 151 cm³/mol. The van der Waals surface area contributed by atoms with Crippen molar-refractivity contribution >= 4 is 74.9 Å². The van der Waals surface area contributed by atoms with Gasteiger partial charge in [-0.3, -0.25) is 15.0 Å². The average Bonchev–Trinajstić information content (AvgIpc) is 3.43. The van der Waals surface area contributed by atoms with Gasteiger partial charge in [0.05, 0.1) is 27.5 Å².